The highest BCUT2D eigenvalue weighted by Gasteiger charge is 2.10. The minimum atomic E-state index is -0.00382. The molecule has 0 radical (unpaired) electrons. The standard InChI is InChI=1S/C18H28N4O2.HI/c1-14(2)13-22(5)18(20-12-17(23)21(3)4)19-11-15-7-9-16(24-6)10-8-15;/h7-10H,1,11-13H2,2-6H3,(H,19,20);1H. The highest BCUT2D eigenvalue weighted by atomic mass is 127. The summed E-state index contributed by atoms with van der Waals surface area (Å²) < 4.78 is 5.16. The second kappa shape index (κ2) is 11.7. The molecule has 25 heavy (non-hydrogen) atoms. The third-order valence-corrected chi connectivity index (χ3v) is 3.34. The number of rotatable bonds is 7. The second-order valence-electron chi connectivity index (χ2n) is 5.94. The lowest BCUT2D eigenvalue weighted by atomic mass is 10.2. The summed E-state index contributed by atoms with van der Waals surface area (Å²) in [5.41, 5.74) is 2.09. The molecule has 0 saturated carbocycles. The SMILES string of the molecule is C=C(C)CN(C)C(=NCc1ccc(OC)cc1)NCC(=O)N(C)C.I. The van der Waals surface area contributed by atoms with E-state index in [0.717, 1.165) is 16.9 Å². The van der Waals surface area contributed by atoms with Crippen molar-refractivity contribution in [1.82, 2.24) is 15.1 Å². The van der Waals surface area contributed by atoms with Crippen molar-refractivity contribution in [2.75, 3.05) is 41.3 Å². The normalized spacial score (nSPS) is 10.5. The molecule has 1 aromatic carbocycles. The first-order valence-corrected chi connectivity index (χ1v) is 7.80. The summed E-state index contributed by atoms with van der Waals surface area (Å²) in [6, 6.07) is 7.77. The van der Waals surface area contributed by atoms with E-state index in [9.17, 15) is 4.79 Å². The first-order valence-electron chi connectivity index (χ1n) is 7.80. The van der Waals surface area contributed by atoms with E-state index in [-0.39, 0.29) is 36.4 Å². The zero-order valence-electron chi connectivity index (χ0n) is 15.7. The summed E-state index contributed by atoms with van der Waals surface area (Å²) in [7, 11) is 7.03. The molecule has 0 aliphatic carbocycles. The van der Waals surface area contributed by atoms with Gasteiger partial charge in [0.05, 0.1) is 20.2 Å². The molecule has 0 saturated heterocycles. The fourth-order valence-electron chi connectivity index (χ4n) is 2.00. The molecule has 0 aliphatic heterocycles. The second-order valence-corrected chi connectivity index (χ2v) is 5.94. The first-order chi connectivity index (χ1) is 11.3. The molecule has 0 aromatic heterocycles. The number of halogens is 1. The summed E-state index contributed by atoms with van der Waals surface area (Å²) in [4.78, 5) is 19.9. The van der Waals surface area contributed by atoms with E-state index in [2.05, 4.69) is 16.9 Å². The number of methoxy groups -OCH3 is 1. The van der Waals surface area contributed by atoms with Crippen LogP contribution < -0.4 is 10.1 Å². The quantitative estimate of drug-likeness (QED) is 0.294. The Morgan fingerprint density at radius 3 is 2.32 bits per heavy atom. The molecule has 1 N–H and O–H groups in total. The molecule has 0 spiro atoms. The number of benzene rings is 1. The maximum absolute atomic E-state index is 11.8. The van der Waals surface area contributed by atoms with Gasteiger partial charge in [-0.3, -0.25) is 4.79 Å². The summed E-state index contributed by atoms with van der Waals surface area (Å²) in [5.74, 6) is 1.48. The van der Waals surface area contributed by atoms with Crippen molar-refractivity contribution in [3.8, 4) is 5.75 Å². The van der Waals surface area contributed by atoms with Gasteiger partial charge in [0.15, 0.2) is 5.96 Å². The number of guanidine groups is 1. The minimum Gasteiger partial charge on any atom is -0.497 e. The molecule has 6 nitrogen and oxygen atoms in total. The van der Waals surface area contributed by atoms with Crippen molar-refractivity contribution < 1.29 is 9.53 Å². The lowest BCUT2D eigenvalue weighted by molar-refractivity contribution is -0.127. The number of nitrogens with zero attached hydrogens (tertiary/aromatic N) is 3. The predicted octanol–water partition coefficient (Wildman–Crippen LogP) is 2.35. The van der Waals surface area contributed by atoms with Gasteiger partial charge in [0.1, 0.15) is 5.75 Å². The molecule has 0 atom stereocenters. The molecular weight excluding hydrogens is 431 g/mol. The van der Waals surface area contributed by atoms with Crippen LogP contribution in [0.3, 0.4) is 0 Å². The molecule has 1 aromatic rings. The largest absolute Gasteiger partial charge is 0.497 e. The number of nitrogens with one attached hydrogen (secondary N) is 1. The van der Waals surface area contributed by atoms with Gasteiger partial charge in [0, 0.05) is 27.7 Å². The topological polar surface area (TPSA) is 57.2 Å². The van der Waals surface area contributed by atoms with Gasteiger partial charge in [-0.25, -0.2) is 4.99 Å². The van der Waals surface area contributed by atoms with Crippen molar-refractivity contribution >= 4 is 35.8 Å². The highest BCUT2D eigenvalue weighted by molar-refractivity contribution is 14.0. The average molecular weight is 460 g/mol. The van der Waals surface area contributed by atoms with Crippen LogP contribution in [0.25, 0.3) is 0 Å². The van der Waals surface area contributed by atoms with Gasteiger partial charge in [0.2, 0.25) is 5.91 Å². The summed E-state index contributed by atoms with van der Waals surface area (Å²) in [6.45, 7) is 7.28. The van der Waals surface area contributed by atoms with Gasteiger partial charge in [0.25, 0.3) is 0 Å². The molecule has 1 rings (SSSR count). The van der Waals surface area contributed by atoms with Crippen molar-refractivity contribution in [3.05, 3.63) is 42.0 Å². The maximum atomic E-state index is 11.8. The van der Waals surface area contributed by atoms with Crippen LogP contribution in [0.2, 0.25) is 0 Å². The highest BCUT2D eigenvalue weighted by Crippen LogP contribution is 2.12. The van der Waals surface area contributed by atoms with Crippen LogP contribution >= 0.6 is 24.0 Å². The van der Waals surface area contributed by atoms with Gasteiger partial charge in [-0.05, 0) is 24.6 Å². The van der Waals surface area contributed by atoms with Gasteiger partial charge in [-0.15, -0.1) is 24.0 Å². The molecule has 140 valence electrons. The van der Waals surface area contributed by atoms with Gasteiger partial charge < -0.3 is 19.9 Å². The molecule has 0 bridgehead atoms. The van der Waals surface area contributed by atoms with E-state index in [1.54, 1.807) is 26.1 Å². The minimum absolute atomic E-state index is 0. The number of likely N-dealkylation sites (N-methyl/N-ethyl adjacent to an activating group) is 2. The molecule has 1 amide bonds. The van der Waals surface area contributed by atoms with Crippen LogP contribution in [-0.2, 0) is 11.3 Å². The number of hydrogen-bond acceptors (Lipinski definition) is 3. The first kappa shape index (κ1) is 23.2. The van der Waals surface area contributed by atoms with Crippen LogP contribution in [0, 0.1) is 0 Å². The van der Waals surface area contributed by atoms with Gasteiger partial charge in [-0.1, -0.05) is 24.3 Å². The number of amides is 1. The predicted molar refractivity (Wildman–Crippen MR) is 114 cm³/mol. The van der Waals surface area contributed by atoms with Crippen LogP contribution in [0.15, 0.2) is 41.4 Å². The van der Waals surface area contributed by atoms with Gasteiger partial charge in [-0.2, -0.15) is 0 Å². The van der Waals surface area contributed by atoms with Crippen molar-refractivity contribution in [2.24, 2.45) is 4.99 Å². The summed E-state index contributed by atoms with van der Waals surface area (Å²) in [6.07, 6.45) is 0. The fraction of sp³-hybridized carbons (Fsp3) is 0.444. The smallest absolute Gasteiger partial charge is 0.241 e. The van der Waals surface area contributed by atoms with Crippen molar-refractivity contribution in [1.29, 1.82) is 0 Å². The molecule has 0 heterocycles. The lowest BCUT2D eigenvalue weighted by Crippen LogP contribution is -2.44. The van der Waals surface area contributed by atoms with Crippen LogP contribution in [0.4, 0.5) is 0 Å². The fourth-order valence-corrected chi connectivity index (χ4v) is 2.00. The Balaban J connectivity index is 0.00000576. The molecule has 0 aliphatic rings. The zero-order valence-corrected chi connectivity index (χ0v) is 18.0. The Bertz CT molecular complexity index is 585. The molecule has 0 unspecified atom stereocenters. The van der Waals surface area contributed by atoms with E-state index < -0.39 is 0 Å². The molecule has 7 heteroatoms. The Labute approximate surface area is 168 Å². The van der Waals surface area contributed by atoms with E-state index in [1.807, 2.05) is 43.1 Å². The Morgan fingerprint density at radius 1 is 1.24 bits per heavy atom. The van der Waals surface area contributed by atoms with Crippen LogP contribution in [0.1, 0.15) is 12.5 Å². The average Bonchev–Trinajstić information content (AvgIpc) is 2.54. The van der Waals surface area contributed by atoms with E-state index in [1.165, 1.54) is 0 Å². The Morgan fingerprint density at radius 2 is 1.84 bits per heavy atom. The third-order valence-electron chi connectivity index (χ3n) is 3.34. The van der Waals surface area contributed by atoms with E-state index >= 15 is 0 Å². The Hall–Kier alpha value is -1.77. The number of ether oxygens (including phenoxy) is 1. The third kappa shape index (κ3) is 8.76. The lowest BCUT2D eigenvalue weighted by Gasteiger charge is -2.23. The number of carbonyl (C=O) groups excluding carboxylic acids is 1. The number of aliphatic imine (C=N–C) groups is 1. The van der Waals surface area contributed by atoms with Crippen molar-refractivity contribution in [2.45, 2.75) is 13.5 Å². The Kier molecular flexibility index (Phi) is 10.9. The number of carbonyl (C=O) groups is 1. The molecule has 0 fully saturated rings. The van der Waals surface area contributed by atoms with Crippen molar-refractivity contribution in [3.63, 3.8) is 0 Å². The van der Waals surface area contributed by atoms with E-state index in [4.69, 9.17) is 4.74 Å². The van der Waals surface area contributed by atoms with Gasteiger partial charge >= 0.3 is 0 Å². The summed E-state index contributed by atoms with van der Waals surface area (Å²) in [5, 5.41) is 3.12. The van der Waals surface area contributed by atoms with E-state index in [0.29, 0.717) is 19.0 Å². The number of hydrogen-bond donors (Lipinski definition) is 1. The summed E-state index contributed by atoms with van der Waals surface area (Å²) >= 11 is 0. The molecular formula is C18H29IN4O2. The van der Waals surface area contributed by atoms with Crippen LogP contribution in [-0.4, -0.2) is 63.0 Å². The zero-order chi connectivity index (χ0) is 18.1. The van der Waals surface area contributed by atoms with Crippen LogP contribution in [0.5, 0.6) is 5.75 Å². The maximum Gasteiger partial charge on any atom is 0.241 e. The monoisotopic (exact) mass is 460 g/mol.